The predicted octanol–water partition coefficient (Wildman–Crippen LogP) is 5.60. The molecule has 2 fully saturated rings. The molecule has 10 nitrogen and oxygen atoms in total. The summed E-state index contributed by atoms with van der Waals surface area (Å²) >= 11 is 14.1. The molecule has 0 radical (unpaired) electrons. The highest BCUT2D eigenvalue weighted by Crippen LogP contribution is 2.42. The SMILES string of the molecule is COc1nc(-c2cccc(-c3cccc(-c4cnc(CN[C@H]5C[C@@](C)(O)C5)c(OC)n4)c3Cl)c2Cl)cnc1CN[C@H]1C[C@@](C)(O)C1. The van der Waals surface area contributed by atoms with E-state index < -0.39 is 11.2 Å². The topological polar surface area (TPSA) is 135 Å². The highest BCUT2D eigenvalue weighted by atomic mass is 35.5. The molecule has 4 aromatic rings. The fraction of sp³-hybridized carbons (Fsp3) is 0.412. The van der Waals surface area contributed by atoms with E-state index in [9.17, 15) is 10.2 Å². The maximum atomic E-state index is 10.0. The maximum Gasteiger partial charge on any atom is 0.237 e. The first-order valence-corrected chi connectivity index (χ1v) is 16.0. The Kier molecular flexibility index (Phi) is 9.22. The fourth-order valence-corrected chi connectivity index (χ4v) is 6.92. The van der Waals surface area contributed by atoms with E-state index in [2.05, 4.69) is 20.6 Å². The van der Waals surface area contributed by atoms with E-state index >= 15 is 0 Å². The van der Waals surface area contributed by atoms with Gasteiger partial charge in [-0.3, -0.25) is 9.97 Å². The van der Waals surface area contributed by atoms with Crippen LogP contribution in [0.15, 0.2) is 48.8 Å². The van der Waals surface area contributed by atoms with Crippen molar-refractivity contribution >= 4 is 23.2 Å². The molecule has 46 heavy (non-hydrogen) atoms. The van der Waals surface area contributed by atoms with Gasteiger partial charge in [-0.2, -0.15) is 0 Å². The van der Waals surface area contributed by atoms with Crippen molar-refractivity contribution in [2.45, 2.75) is 75.9 Å². The maximum absolute atomic E-state index is 10.0. The first-order valence-electron chi connectivity index (χ1n) is 15.3. The molecular formula is C34H38Cl2N6O4. The predicted molar refractivity (Wildman–Crippen MR) is 178 cm³/mol. The molecule has 2 aliphatic carbocycles. The van der Waals surface area contributed by atoms with Gasteiger partial charge in [0.1, 0.15) is 11.4 Å². The van der Waals surface area contributed by atoms with E-state index in [1.807, 2.05) is 50.2 Å². The molecule has 0 amide bonds. The lowest BCUT2D eigenvalue weighted by Gasteiger charge is -2.41. The minimum absolute atomic E-state index is 0.228. The lowest BCUT2D eigenvalue weighted by molar-refractivity contribution is -0.0399. The second kappa shape index (κ2) is 13.0. The molecule has 2 saturated carbocycles. The van der Waals surface area contributed by atoms with Crippen LogP contribution in [0.3, 0.4) is 0 Å². The molecule has 6 rings (SSSR count). The summed E-state index contributed by atoms with van der Waals surface area (Å²) in [5.41, 5.74) is 4.10. The van der Waals surface area contributed by atoms with Crippen LogP contribution >= 0.6 is 23.2 Å². The second-order valence-corrected chi connectivity index (χ2v) is 13.5. The van der Waals surface area contributed by atoms with Gasteiger partial charge >= 0.3 is 0 Å². The Bertz CT molecular complexity index is 1610. The van der Waals surface area contributed by atoms with Gasteiger partial charge in [0.15, 0.2) is 0 Å². The summed E-state index contributed by atoms with van der Waals surface area (Å²) in [7, 11) is 3.13. The van der Waals surface area contributed by atoms with Crippen molar-refractivity contribution < 1.29 is 19.7 Å². The summed E-state index contributed by atoms with van der Waals surface area (Å²) in [6, 6.07) is 11.8. The van der Waals surface area contributed by atoms with E-state index in [-0.39, 0.29) is 12.1 Å². The van der Waals surface area contributed by atoms with Crippen LogP contribution < -0.4 is 20.1 Å². The van der Waals surface area contributed by atoms with Crippen molar-refractivity contribution in [1.82, 2.24) is 30.6 Å². The molecule has 12 heteroatoms. The fourth-order valence-electron chi connectivity index (χ4n) is 6.27. The molecule has 0 unspecified atom stereocenters. The highest BCUT2D eigenvalue weighted by molar-refractivity contribution is 6.39. The van der Waals surface area contributed by atoms with Gasteiger partial charge in [-0.25, -0.2) is 9.97 Å². The summed E-state index contributed by atoms with van der Waals surface area (Å²) in [5.74, 6) is 0.812. The quantitative estimate of drug-likeness (QED) is 0.161. The first kappa shape index (κ1) is 32.6. The monoisotopic (exact) mass is 664 g/mol. The van der Waals surface area contributed by atoms with Gasteiger partial charge in [-0.1, -0.05) is 59.6 Å². The first-order chi connectivity index (χ1) is 22.0. The highest BCUT2D eigenvalue weighted by Gasteiger charge is 2.38. The number of hydrogen-bond donors (Lipinski definition) is 4. The van der Waals surface area contributed by atoms with E-state index in [0.717, 1.165) is 11.1 Å². The zero-order chi connectivity index (χ0) is 32.6. The van der Waals surface area contributed by atoms with Crippen LogP contribution in [0.1, 0.15) is 50.9 Å². The van der Waals surface area contributed by atoms with E-state index in [4.69, 9.17) is 42.6 Å². The van der Waals surface area contributed by atoms with Crippen molar-refractivity contribution in [3.8, 4) is 45.4 Å². The van der Waals surface area contributed by atoms with Crippen molar-refractivity contribution in [3.63, 3.8) is 0 Å². The summed E-state index contributed by atoms with van der Waals surface area (Å²) < 4.78 is 11.2. The Morgan fingerprint density at radius 3 is 1.41 bits per heavy atom. The Balaban J connectivity index is 1.23. The standard InChI is InChI=1S/C34H38Cl2N6O4/c1-33(43)11-19(12-33)37-17-27-31(45-3)41-25(15-39-27)23-9-5-7-21(29(23)35)22-8-6-10-24(30(22)36)26-16-40-28(32(42-26)46-4)18-38-20-13-34(2,44)14-20/h5-10,15-16,19-20,37-38,43-44H,11-14,17-18H2,1-4H3/t19-,20-,33+,34+. The Hall–Kier alpha value is -3.38. The third-order valence-corrected chi connectivity index (χ3v) is 9.52. The van der Waals surface area contributed by atoms with Crippen LogP contribution in [0.25, 0.3) is 33.6 Å². The lowest BCUT2D eigenvalue weighted by atomic mass is 9.77. The normalized spacial score (nSPS) is 23.8. The minimum Gasteiger partial charge on any atom is -0.480 e. The van der Waals surface area contributed by atoms with Crippen molar-refractivity contribution in [2.75, 3.05) is 14.2 Å². The third-order valence-electron chi connectivity index (χ3n) is 8.71. The summed E-state index contributed by atoms with van der Waals surface area (Å²) in [4.78, 5) is 18.7. The van der Waals surface area contributed by atoms with E-state index in [0.29, 0.717) is 94.5 Å². The number of ether oxygens (including phenoxy) is 2. The van der Waals surface area contributed by atoms with Gasteiger partial charge in [0.25, 0.3) is 0 Å². The summed E-state index contributed by atoms with van der Waals surface area (Å²) in [6.45, 7) is 4.63. The molecule has 0 aliphatic heterocycles. The molecule has 0 atom stereocenters. The Morgan fingerprint density at radius 1 is 0.696 bits per heavy atom. The van der Waals surface area contributed by atoms with Crippen LogP contribution in [0.2, 0.25) is 10.0 Å². The van der Waals surface area contributed by atoms with Crippen molar-refractivity contribution in [1.29, 1.82) is 0 Å². The molecular weight excluding hydrogens is 627 g/mol. The third kappa shape index (κ3) is 6.83. The molecule has 2 heterocycles. The number of hydrogen-bond acceptors (Lipinski definition) is 10. The second-order valence-electron chi connectivity index (χ2n) is 12.7. The molecule has 2 aromatic carbocycles. The number of methoxy groups -OCH3 is 2. The lowest BCUT2D eigenvalue weighted by Crippen LogP contribution is -2.51. The Morgan fingerprint density at radius 2 is 1.07 bits per heavy atom. The van der Waals surface area contributed by atoms with Gasteiger partial charge in [0.05, 0.1) is 59.2 Å². The minimum atomic E-state index is -0.607. The van der Waals surface area contributed by atoms with Gasteiger partial charge < -0.3 is 30.3 Å². The number of benzene rings is 2. The molecule has 242 valence electrons. The summed E-state index contributed by atoms with van der Waals surface area (Å²) in [5, 5.41) is 27.8. The number of aromatic nitrogens is 4. The van der Waals surface area contributed by atoms with Gasteiger partial charge in [-0.05, 0) is 39.5 Å². The molecule has 0 bridgehead atoms. The number of aliphatic hydroxyl groups is 2. The largest absolute Gasteiger partial charge is 0.480 e. The van der Waals surface area contributed by atoms with Crippen molar-refractivity contribution in [2.24, 2.45) is 0 Å². The number of nitrogens with zero attached hydrogens (tertiary/aromatic N) is 4. The zero-order valence-electron chi connectivity index (χ0n) is 26.3. The van der Waals surface area contributed by atoms with Crippen LogP contribution in [0.5, 0.6) is 11.8 Å². The van der Waals surface area contributed by atoms with E-state index in [1.54, 1.807) is 26.6 Å². The van der Waals surface area contributed by atoms with Crippen LogP contribution in [-0.2, 0) is 13.1 Å². The van der Waals surface area contributed by atoms with Gasteiger partial charge in [0.2, 0.25) is 11.8 Å². The van der Waals surface area contributed by atoms with Gasteiger partial charge in [-0.15, -0.1) is 0 Å². The molecule has 4 N–H and O–H groups in total. The molecule has 2 aromatic heterocycles. The summed E-state index contributed by atoms with van der Waals surface area (Å²) in [6.07, 6.45) is 6.16. The number of rotatable bonds is 11. The molecule has 2 aliphatic rings. The molecule has 0 spiro atoms. The average Bonchev–Trinajstić information content (AvgIpc) is 3.01. The Labute approximate surface area is 278 Å². The van der Waals surface area contributed by atoms with Crippen LogP contribution in [0, 0.1) is 0 Å². The smallest absolute Gasteiger partial charge is 0.237 e. The molecule has 0 saturated heterocycles. The van der Waals surface area contributed by atoms with Crippen molar-refractivity contribution in [3.05, 3.63) is 70.2 Å². The zero-order valence-corrected chi connectivity index (χ0v) is 27.8. The van der Waals surface area contributed by atoms with Crippen LogP contribution in [0.4, 0.5) is 0 Å². The number of halogens is 2. The average molecular weight is 666 g/mol. The van der Waals surface area contributed by atoms with Crippen LogP contribution in [-0.4, -0.2) is 67.7 Å². The number of nitrogens with one attached hydrogen (secondary N) is 2. The van der Waals surface area contributed by atoms with E-state index in [1.165, 1.54) is 0 Å². The van der Waals surface area contributed by atoms with Gasteiger partial charge in [0, 0.05) is 47.4 Å².